The number of hydrogen-bond donors (Lipinski definition) is 3. The molecule has 66 valence electrons. The van der Waals surface area contributed by atoms with E-state index in [1.54, 1.807) is 6.92 Å². The molecule has 0 amide bonds. The molecule has 0 aliphatic rings. The van der Waals surface area contributed by atoms with Crippen molar-refractivity contribution in [3.63, 3.8) is 0 Å². The number of hydrogen-bond acceptors (Lipinski definition) is 5. The minimum atomic E-state index is -0.973. The summed E-state index contributed by atoms with van der Waals surface area (Å²) >= 11 is 0. The molecule has 0 saturated heterocycles. The first-order valence-corrected chi connectivity index (χ1v) is 3.40. The number of carbonyl (C=O) groups excluding carboxylic acids is 1. The third-order valence-electron chi connectivity index (χ3n) is 1.35. The summed E-state index contributed by atoms with van der Waals surface area (Å²) in [4.78, 5) is 14.0. The topological polar surface area (TPSA) is 78.8 Å². The highest BCUT2D eigenvalue weighted by Crippen LogP contribution is 2.01. The summed E-state index contributed by atoms with van der Waals surface area (Å²) in [5, 5.41) is 19.6. The minimum absolute atomic E-state index is 0.546. The lowest BCUT2D eigenvalue weighted by Crippen LogP contribution is -2.38. The molecule has 0 saturated carbocycles. The van der Waals surface area contributed by atoms with E-state index in [-0.39, 0.29) is 0 Å². The fourth-order valence-corrected chi connectivity index (χ4v) is 0.598. The molecule has 0 aromatic carbocycles. The second kappa shape index (κ2) is 5.06. The average Bonchev–Trinajstić information content (AvgIpc) is 2.02. The fraction of sp³-hybridized carbons (Fsp3) is 0.833. The molecular formula is C6H13NO4. The minimum Gasteiger partial charge on any atom is -0.378 e. The van der Waals surface area contributed by atoms with E-state index in [2.05, 4.69) is 10.2 Å². The van der Waals surface area contributed by atoms with Crippen molar-refractivity contribution in [2.45, 2.75) is 20.1 Å². The Morgan fingerprint density at radius 1 is 1.73 bits per heavy atom. The Morgan fingerprint density at radius 3 is 2.64 bits per heavy atom. The summed E-state index contributed by atoms with van der Waals surface area (Å²) in [6, 6.07) is 0. The molecule has 0 aromatic rings. The zero-order valence-corrected chi connectivity index (χ0v) is 6.57. The van der Waals surface area contributed by atoms with E-state index < -0.39 is 18.1 Å². The molecule has 5 heteroatoms. The van der Waals surface area contributed by atoms with Gasteiger partial charge in [0.15, 0.2) is 0 Å². The average molecular weight is 163 g/mol. The summed E-state index contributed by atoms with van der Waals surface area (Å²) < 4.78 is 0. The first kappa shape index (κ1) is 10.3. The zero-order valence-electron chi connectivity index (χ0n) is 6.57. The van der Waals surface area contributed by atoms with Crippen LogP contribution in [0.4, 0.5) is 0 Å². The van der Waals surface area contributed by atoms with Gasteiger partial charge < -0.3 is 9.99 Å². The lowest BCUT2D eigenvalue weighted by molar-refractivity contribution is -0.241. The molecular weight excluding hydrogens is 150 g/mol. The van der Waals surface area contributed by atoms with Crippen molar-refractivity contribution in [1.29, 1.82) is 0 Å². The van der Waals surface area contributed by atoms with Crippen molar-refractivity contribution in [1.82, 2.24) is 5.32 Å². The van der Waals surface area contributed by atoms with Gasteiger partial charge in [-0.25, -0.2) is 4.79 Å². The van der Waals surface area contributed by atoms with Crippen LogP contribution in [-0.2, 0) is 9.68 Å². The van der Waals surface area contributed by atoms with Crippen LogP contribution in [0.1, 0.15) is 13.8 Å². The highest BCUT2D eigenvalue weighted by atomic mass is 17.1. The van der Waals surface area contributed by atoms with Gasteiger partial charge in [-0.3, -0.25) is 5.32 Å². The SMILES string of the molecule is CCNC(O)C(C)C(=O)OO. The van der Waals surface area contributed by atoms with E-state index in [4.69, 9.17) is 10.4 Å². The maximum Gasteiger partial charge on any atom is 0.348 e. The lowest BCUT2D eigenvalue weighted by Gasteiger charge is -2.15. The smallest absolute Gasteiger partial charge is 0.348 e. The van der Waals surface area contributed by atoms with Crippen LogP contribution in [-0.4, -0.2) is 29.1 Å². The molecule has 0 heterocycles. The summed E-state index contributed by atoms with van der Waals surface area (Å²) in [5.74, 6) is -1.61. The molecule has 3 N–H and O–H groups in total. The first-order chi connectivity index (χ1) is 5.13. The molecule has 2 unspecified atom stereocenters. The van der Waals surface area contributed by atoms with Crippen LogP contribution in [0.3, 0.4) is 0 Å². The van der Waals surface area contributed by atoms with E-state index >= 15 is 0 Å². The van der Waals surface area contributed by atoms with Crippen LogP contribution in [0.5, 0.6) is 0 Å². The second-order valence-electron chi connectivity index (χ2n) is 2.20. The molecule has 11 heavy (non-hydrogen) atoms. The van der Waals surface area contributed by atoms with Crippen LogP contribution in [0.15, 0.2) is 0 Å². The van der Waals surface area contributed by atoms with Crippen molar-refractivity contribution < 1.29 is 20.0 Å². The van der Waals surface area contributed by atoms with Crippen LogP contribution >= 0.6 is 0 Å². The van der Waals surface area contributed by atoms with Crippen molar-refractivity contribution in [2.24, 2.45) is 5.92 Å². The Balaban J connectivity index is 3.80. The Kier molecular flexibility index (Phi) is 4.76. The maximum atomic E-state index is 10.6. The van der Waals surface area contributed by atoms with Crippen molar-refractivity contribution in [3.8, 4) is 0 Å². The second-order valence-corrected chi connectivity index (χ2v) is 2.20. The summed E-state index contributed by atoms with van der Waals surface area (Å²) in [7, 11) is 0. The zero-order chi connectivity index (χ0) is 8.85. The van der Waals surface area contributed by atoms with Gasteiger partial charge in [-0.1, -0.05) is 6.92 Å². The van der Waals surface area contributed by atoms with Gasteiger partial charge in [0.2, 0.25) is 0 Å². The maximum absolute atomic E-state index is 10.6. The fourth-order valence-electron chi connectivity index (χ4n) is 0.598. The largest absolute Gasteiger partial charge is 0.378 e. The molecule has 2 atom stereocenters. The standard InChI is InChI=1S/C6H13NO4/c1-3-7-5(8)4(2)6(9)11-10/h4-5,7-8,10H,3H2,1-2H3. The molecule has 0 aliphatic carbocycles. The third-order valence-corrected chi connectivity index (χ3v) is 1.35. The monoisotopic (exact) mass is 163 g/mol. The van der Waals surface area contributed by atoms with Crippen LogP contribution in [0.2, 0.25) is 0 Å². The van der Waals surface area contributed by atoms with Crippen molar-refractivity contribution in [2.75, 3.05) is 6.54 Å². The summed E-state index contributed by atoms with van der Waals surface area (Å²) in [6.07, 6.45) is -0.973. The molecule has 0 bridgehead atoms. The van der Waals surface area contributed by atoms with Crippen LogP contribution in [0.25, 0.3) is 0 Å². The van der Waals surface area contributed by atoms with Crippen LogP contribution in [0, 0.1) is 5.92 Å². The quantitative estimate of drug-likeness (QED) is 0.297. The number of aliphatic hydroxyl groups excluding tert-OH is 1. The predicted octanol–water partition coefficient (Wildman–Crippen LogP) is -0.433. The highest BCUT2D eigenvalue weighted by Gasteiger charge is 2.22. The van der Waals surface area contributed by atoms with Crippen molar-refractivity contribution in [3.05, 3.63) is 0 Å². The predicted molar refractivity (Wildman–Crippen MR) is 37.6 cm³/mol. The van der Waals surface area contributed by atoms with E-state index in [0.29, 0.717) is 6.54 Å². The Bertz CT molecular complexity index is 128. The molecule has 0 rings (SSSR count). The number of nitrogens with one attached hydrogen (secondary N) is 1. The Morgan fingerprint density at radius 2 is 2.27 bits per heavy atom. The Hall–Kier alpha value is -0.650. The van der Waals surface area contributed by atoms with Gasteiger partial charge in [-0.05, 0) is 13.5 Å². The van der Waals surface area contributed by atoms with Gasteiger partial charge in [0, 0.05) is 0 Å². The lowest BCUT2D eigenvalue weighted by atomic mass is 10.1. The van der Waals surface area contributed by atoms with E-state index in [1.807, 2.05) is 0 Å². The molecule has 0 aliphatic heterocycles. The number of aliphatic hydroxyl groups is 1. The van der Waals surface area contributed by atoms with Gasteiger partial charge in [0.05, 0.1) is 5.92 Å². The summed E-state index contributed by atoms with van der Waals surface area (Å²) in [6.45, 7) is 3.79. The van der Waals surface area contributed by atoms with Gasteiger partial charge in [-0.15, -0.1) is 0 Å². The van der Waals surface area contributed by atoms with Gasteiger partial charge >= 0.3 is 5.97 Å². The summed E-state index contributed by atoms with van der Waals surface area (Å²) in [5.41, 5.74) is 0. The normalized spacial score (nSPS) is 15.6. The van der Waals surface area contributed by atoms with E-state index in [9.17, 15) is 4.79 Å². The molecule has 0 spiro atoms. The third kappa shape index (κ3) is 3.31. The van der Waals surface area contributed by atoms with E-state index in [0.717, 1.165) is 0 Å². The molecule has 0 aromatic heterocycles. The van der Waals surface area contributed by atoms with Crippen LogP contribution < -0.4 is 5.32 Å². The molecule has 5 nitrogen and oxygen atoms in total. The van der Waals surface area contributed by atoms with Gasteiger partial charge in [0.1, 0.15) is 6.23 Å². The molecule has 0 fully saturated rings. The van der Waals surface area contributed by atoms with E-state index in [1.165, 1.54) is 6.92 Å². The first-order valence-electron chi connectivity index (χ1n) is 3.40. The number of carbonyl (C=O) groups is 1. The Labute approximate surface area is 64.9 Å². The number of rotatable bonds is 4. The van der Waals surface area contributed by atoms with Crippen molar-refractivity contribution >= 4 is 5.97 Å². The van der Waals surface area contributed by atoms with Gasteiger partial charge in [0.25, 0.3) is 0 Å². The van der Waals surface area contributed by atoms with Gasteiger partial charge in [-0.2, -0.15) is 5.26 Å². The molecule has 0 radical (unpaired) electrons. The highest BCUT2D eigenvalue weighted by molar-refractivity contribution is 5.71.